The van der Waals surface area contributed by atoms with Gasteiger partial charge in [0.05, 0.1) is 6.33 Å². The highest BCUT2D eigenvalue weighted by molar-refractivity contribution is 7.61. The minimum Gasteiger partial charge on any atom is -0.462 e. The Morgan fingerprint density at radius 2 is 1.52 bits per heavy atom. The molecule has 0 amide bonds. The number of nitrogens with two attached hydrogens (primary N) is 1. The number of fused-ring (bicyclic) bond motifs is 1. The van der Waals surface area contributed by atoms with Gasteiger partial charge in [-0.3, -0.25) is 37.6 Å². The van der Waals surface area contributed by atoms with E-state index in [-0.39, 0.29) is 17.0 Å². The van der Waals surface area contributed by atoms with Gasteiger partial charge < -0.3 is 58.9 Å². The normalized spacial score (nSPS) is 30.3. The zero-order chi connectivity index (χ0) is 41.9. The summed E-state index contributed by atoms with van der Waals surface area (Å²) in [4.78, 5) is 92.6. The van der Waals surface area contributed by atoms with Gasteiger partial charge in [-0.25, -0.2) is 28.5 Å². The van der Waals surface area contributed by atoms with E-state index in [2.05, 4.69) is 23.8 Å². The quantitative estimate of drug-likeness (QED) is 0.0781. The van der Waals surface area contributed by atoms with Crippen LogP contribution in [0.15, 0.2) is 12.7 Å². The van der Waals surface area contributed by atoms with Crippen molar-refractivity contribution in [2.24, 2.45) is 0 Å². The summed E-state index contributed by atoms with van der Waals surface area (Å²) in [6.45, 7) is 1.83. The number of aliphatic hydroxyl groups is 2. The van der Waals surface area contributed by atoms with Crippen LogP contribution in [-0.2, 0) is 79.6 Å². The number of rotatable bonds is 15. The molecule has 6 N–H and O–H groups in total. The minimum absolute atomic E-state index is 0.00827. The Morgan fingerprint density at radius 3 is 2.11 bits per heavy atom. The molecule has 29 heteroatoms. The van der Waals surface area contributed by atoms with Crippen LogP contribution in [0.4, 0.5) is 10.2 Å². The second kappa shape index (κ2) is 17.5. The van der Waals surface area contributed by atoms with Gasteiger partial charge in [-0.1, -0.05) is 0 Å². The van der Waals surface area contributed by atoms with Gasteiger partial charge >= 0.3 is 45.5 Å². The highest BCUT2D eigenvalue weighted by Gasteiger charge is 2.59. The van der Waals surface area contributed by atoms with Crippen LogP contribution in [0.5, 0.6) is 0 Å². The molecule has 12 atom stereocenters. The maximum Gasteiger partial charge on any atom is 0.483 e. The van der Waals surface area contributed by atoms with Gasteiger partial charge in [0, 0.05) is 34.6 Å². The first-order valence-electron chi connectivity index (χ1n) is 15.8. The first-order valence-corrected chi connectivity index (χ1v) is 18.8. The summed E-state index contributed by atoms with van der Waals surface area (Å²) in [7, 11) is -12.1. The molecule has 26 nitrogen and oxygen atoms in total. The summed E-state index contributed by atoms with van der Waals surface area (Å²) in [5.41, 5.74) is 5.66. The van der Waals surface area contributed by atoms with Gasteiger partial charge in [-0.15, -0.1) is 0 Å². The number of carbonyl (C=O) groups excluding carboxylic acids is 5. The van der Waals surface area contributed by atoms with Crippen molar-refractivity contribution in [2.75, 3.05) is 18.9 Å². The lowest BCUT2D eigenvalue weighted by Gasteiger charge is -2.45. The first-order chi connectivity index (χ1) is 25.9. The van der Waals surface area contributed by atoms with Crippen LogP contribution < -0.4 is 5.73 Å². The molecule has 4 rings (SSSR count). The van der Waals surface area contributed by atoms with Gasteiger partial charge in [0.2, 0.25) is 6.29 Å². The predicted molar refractivity (Wildman–Crippen MR) is 171 cm³/mol. The van der Waals surface area contributed by atoms with Gasteiger partial charge in [0.1, 0.15) is 43.4 Å². The number of phosphoric ester groups is 2. The van der Waals surface area contributed by atoms with Crippen LogP contribution in [0.2, 0.25) is 0 Å². The summed E-state index contributed by atoms with van der Waals surface area (Å²) in [6, 6.07) is 0. The van der Waals surface area contributed by atoms with Crippen molar-refractivity contribution < 1.29 is 104 Å². The molecule has 2 fully saturated rings. The van der Waals surface area contributed by atoms with Crippen LogP contribution in [0.3, 0.4) is 0 Å². The number of hydrogen-bond donors (Lipinski definition) is 5. The Balaban J connectivity index is 1.59. The molecular formula is C27H36FN5O21P2. The highest BCUT2D eigenvalue weighted by atomic mass is 31.3. The largest absolute Gasteiger partial charge is 0.483 e. The molecule has 0 spiro atoms. The van der Waals surface area contributed by atoms with E-state index < -0.39 is 120 Å². The summed E-state index contributed by atoms with van der Waals surface area (Å²) in [5.74, 6) is -8.97. The van der Waals surface area contributed by atoms with Gasteiger partial charge in [-0.05, 0) is 0 Å². The van der Waals surface area contributed by atoms with Crippen molar-refractivity contribution in [3.63, 3.8) is 0 Å². The van der Waals surface area contributed by atoms with E-state index in [1.165, 1.54) is 0 Å². The predicted octanol–water partition coefficient (Wildman–Crippen LogP) is -1.41. The number of anilines is 1. The van der Waals surface area contributed by atoms with Gasteiger partial charge in [-0.2, -0.15) is 4.31 Å². The molecule has 4 heterocycles. The molecule has 2 saturated heterocycles. The summed E-state index contributed by atoms with van der Waals surface area (Å²) in [5, 5.41) is 21.0. The third kappa shape index (κ3) is 10.8. The zero-order valence-corrected chi connectivity index (χ0v) is 31.4. The van der Waals surface area contributed by atoms with Crippen molar-refractivity contribution in [2.45, 2.75) is 95.7 Å². The molecule has 2 aromatic rings. The second-order valence-electron chi connectivity index (χ2n) is 11.9. The Hall–Kier alpha value is -4.27. The minimum atomic E-state index is -6.09. The van der Waals surface area contributed by atoms with E-state index >= 15 is 4.39 Å². The van der Waals surface area contributed by atoms with Crippen LogP contribution in [0, 0.1) is 0 Å². The highest BCUT2D eigenvalue weighted by Crippen LogP contribution is 2.62. The number of alkyl halides is 1. The number of phosphoric acid groups is 2. The number of carbonyl (C=O) groups is 5. The average molecular weight is 848 g/mol. The van der Waals surface area contributed by atoms with Gasteiger partial charge in [0.25, 0.3) is 5.85 Å². The first kappa shape index (κ1) is 44.4. The van der Waals surface area contributed by atoms with Crippen LogP contribution in [0.1, 0.15) is 40.8 Å². The van der Waals surface area contributed by atoms with E-state index in [1.807, 2.05) is 0 Å². The maximum atomic E-state index is 15.9. The van der Waals surface area contributed by atoms with Crippen molar-refractivity contribution in [3.05, 3.63) is 12.7 Å². The van der Waals surface area contributed by atoms with Crippen LogP contribution in [0.25, 0.3) is 11.2 Å². The SMILES string of the molecule is CC(=O)OC[C@@H](OC(C)=O)[C@H]1O[C@@H](OP(=O)(O)OP(=O)(O)OC[C@@]2(F)O[C@@H](n3cnc4c(N)ncnc43)[C@H](O)[C@@H]2O)[C@@H](OC(C)=O)[C@@H](OC(C)=O)[C@@H]1OC(C)=O. The molecule has 2 aliphatic heterocycles. The van der Waals surface area contributed by atoms with E-state index in [0.717, 1.165) is 51.8 Å². The molecule has 56 heavy (non-hydrogen) atoms. The summed E-state index contributed by atoms with van der Waals surface area (Å²) in [6.07, 6.45) is -16.7. The number of imidazole rings is 1. The van der Waals surface area contributed by atoms with E-state index in [4.69, 9.17) is 43.4 Å². The Bertz CT molecular complexity index is 1920. The fraction of sp³-hybridized carbons (Fsp3) is 0.630. The number of aliphatic hydroxyl groups excluding tert-OH is 2. The van der Waals surface area contributed by atoms with E-state index in [0.29, 0.717) is 0 Å². The number of nitrogen functional groups attached to an aromatic ring is 1. The molecule has 2 aliphatic rings. The summed E-state index contributed by atoms with van der Waals surface area (Å²) < 4.78 is 92.9. The number of halogens is 1. The van der Waals surface area contributed by atoms with Crippen molar-refractivity contribution in [1.29, 1.82) is 0 Å². The lowest BCUT2D eigenvalue weighted by Crippen LogP contribution is -2.65. The van der Waals surface area contributed by atoms with E-state index in [1.54, 1.807) is 0 Å². The zero-order valence-electron chi connectivity index (χ0n) is 29.6. The molecule has 0 saturated carbocycles. The number of esters is 5. The number of aromatic nitrogens is 4. The Morgan fingerprint density at radius 1 is 0.911 bits per heavy atom. The number of nitrogens with zero attached hydrogens (tertiary/aromatic N) is 4. The molecule has 0 aliphatic carbocycles. The summed E-state index contributed by atoms with van der Waals surface area (Å²) >= 11 is 0. The fourth-order valence-electron chi connectivity index (χ4n) is 5.42. The van der Waals surface area contributed by atoms with Crippen molar-refractivity contribution in [3.8, 4) is 0 Å². The smallest absolute Gasteiger partial charge is 0.462 e. The van der Waals surface area contributed by atoms with Crippen LogP contribution >= 0.6 is 15.6 Å². The lowest BCUT2D eigenvalue weighted by atomic mass is 9.94. The lowest BCUT2D eigenvalue weighted by molar-refractivity contribution is -0.301. The topological polar surface area (TPSA) is 362 Å². The van der Waals surface area contributed by atoms with Crippen LogP contribution in [-0.4, -0.2) is 137 Å². The molecule has 2 unspecified atom stereocenters. The second-order valence-corrected chi connectivity index (χ2v) is 14.8. The molecular weight excluding hydrogens is 811 g/mol. The van der Waals surface area contributed by atoms with E-state index in [9.17, 15) is 53.1 Å². The van der Waals surface area contributed by atoms with Crippen molar-refractivity contribution in [1.82, 2.24) is 19.5 Å². The Labute approximate surface area is 313 Å². The fourth-order valence-corrected chi connectivity index (χ4v) is 7.58. The molecule has 0 bridgehead atoms. The van der Waals surface area contributed by atoms with Gasteiger partial charge in [0.15, 0.2) is 42.1 Å². The maximum absolute atomic E-state index is 15.9. The molecule has 0 radical (unpaired) electrons. The molecule has 2 aromatic heterocycles. The Kier molecular flexibility index (Phi) is 13.9. The number of hydrogen-bond acceptors (Lipinski definition) is 23. The number of ether oxygens (including phenoxy) is 7. The standard InChI is InChI=1S/C27H36FN5O21P2/c1-10(34)45-6-15(47-11(2)35)18-19(48-12(3)36)20(49-13(4)37)21(50-14(5)38)26(51-18)53-56(43,44)54-55(41,42)46-7-27(28)22(40)17(39)25(52-27)33-9-32-16-23(29)30-8-31-24(16)33/h8-9,15,17-22,25-26,39-40H,6-7H2,1-5H3,(H,41,42)(H,43,44)(H2,29,30,31)/t15-,17-,18-,19-,20+,21+,22+,25-,26+,27-/m1/s1. The third-order valence-corrected chi connectivity index (χ3v) is 10.1. The monoisotopic (exact) mass is 847 g/mol. The molecule has 0 aromatic carbocycles. The average Bonchev–Trinajstić information content (AvgIpc) is 3.59. The molecule has 312 valence electrons. The van der Waals surface area contributed by atoms with Crippen molar-refractivity contribution >= 4 is 62.5 Å². The third-order valence-electron chi connectivity index (χ3n) is 7.47.